The predicted octanol–water partition coefficient (Wildman–Crippen LogP) is 0.236. The van der Waals surface area contributed by atoms with Crippen LogP contribution in [0.25, 0.3) is 0 Å². The summed E-state index contributed by atoms with van der Waals surface area (Å²) in [5.74, 6) is -1.09. The first-order chi connectivity index (χ1) is 6.73. The van der Waals surface area contributed by atoms with E-state index < -0.39 is 28.3 Å². The lowest BCUT2D eigenvalue weighted by molar-refractivity contribution is -0.424. The van der Waals surface area contributed by atoms with Crippen molar-refractivity contribution in [2.45, 2.75) is 0 Å². The number of hydrogen-bond acceptors (Lipinski definition) is 5. The van der Waals surface area contributed by atoms with E-state index in [4.69, 9.17) is 4.11 Å². The van der Waals surface area contributed by atoms with Crippen molar-refractivity contribution in [3.8, 4) is 0 Å². The maximum Gasteiger partial charge on any atom is 0.467 e. The van der Waals surface area contributed by atoms with E-state index in [9.17, 15) is 20.2 Å². The zero-order valence-electron chi connectivity index (χ0n) is 8.50. The average molecular weight is 175 g/mol. The number of aromatic nitrogens is 2. The van der Waals surface area contributed by atoms with Crippen molar-refractivity contribution in [1.29, 1.82) is 0 Å². The summed E-state index contributed by atoms with van der Waals surface area (Å²) in [6, 6.07) is 0. The summed E-state index contributed by atoms with van der Waals surface area (Å²) in [5.41, 5.74) is -0.948. The molecule has 0 radical (unpaired) electrons. The number of rotatable bonds is 2. The van der Waals surface area contributed by atoms with Crippen molar-refractivity contribution in [3.05, 3.63) is 26.4 Å². The third kappa shape index (κ3) is 1.21. The van der Waals surface area contributed by atoms with Gasteiger partial charge in [0.15, 0.2) is 0 Å². The van der Waals surface area contributed by atoms with Crippen molar-refractivity contribution in [3.63, 3.8) is 0 Å². The lowest BCUT2D eigenvalue weighted by atomic mass is 10.5. The Balaban J connectivity index is 3.34. The van der Waals surface area contributed by atoms with Gasteiger partial charge in [0.25, 0.3) is 0 Å². The van der Waals surface area contributed by atoms with Crippen LogP contribution in [0, 0.1) is 20.2 Å². The van der Waals surface area contributed by atoms with E-state index >= 15 is 0 Å². The maximum absolute atomic E-state index is 10.3. The van der Waals surface area contributed by atoms with Gasteiger partial charge in [-0.1, -0.05) is 0 Å². The van der Waals surface area contributed by atoms with Gasteiger partial charge in [-0.25, -0.2) is 0 Å². The van der Waals surface area contributed by atoms with Gasteiger partial charge in [0, 0.05) is 4.11 Å². The summed E-state index contributed by atoms with van der Waals surface area (Å²) in [4.78, 5) is 18.5. The van der Waals surface area contributed by atoms with E-state index in [0.717, 1.165) is 0 Å². The largest absolute Gasteiger partial charge is 0.467 e. The molecular formula is C4H4N4O4. The molecule has 0 saturated carbocycles. The molecule has 1 heterocycles. The van der Waals surface area contributed by atoms with E-state index in [1.165, 1.54) is 0 Å². The summed E-state index contributed by atoms with van der Waals surface area (Å²) in [6.45, 7) is -2.78. The molecule has 1 rings (SSSR count). The van der Waals surface area contributed by atoms with Gasteiger partial charge in [-0.05, 0) is 4.92 Å². The molecule has 0 spiro atoms. The highest BCUT2D eigenvalue weighted by Crippen LogP contribution is 2.22. The minimum atomic E-state index is -2.78. The third-order valence-electron chi connectivity index (χ3n) is 1.05. The van der Waals surface area contributed by atoms with Crippen molar-refractivity contribution in [2.24, 2.45) is 6.98 Å². The van der Waals surface area contributed by atoms with E-state index in [1.54, 1.807) is 0 Å². The molecule has 0 N–H and O–H groups in total. The van der Waals surface area contributed by atoms with Gasteiger partial charge in [-0.3, -0.25) is 10.1 Å². The molecule has 0 aliphatic rings. The minimum Gasteiger partial charge on any atom is -0.358 e. The lowest BCUT2D eigenvalue weighted by Gasteiger charge is -1.85. The minimum absolute atomic E-state index is 0.212. The average Bonchev–Trinajstić information content (AvgIpc) is 2.45. The Morgan fingerprint density at radius 1 is 1.58 bits per heavy atom. The van der Waals surface area contributed by atoms with Gasteiger partial charge in [0.05, 0.1) is 17.0 Å². The quantitative estimate of drug-likeness (QED) is 0.472. The SMILES string of the molecule is [2H]C([2H])([2H])n1cc([N+](=O)[O-])c([N+](=O)[O-])n1. The van der Waals surface area contributed by atoms with Gasteiger partial charge in [0.2, 0.25) is 0 Å². The highest BCUT2D eigenvalue weighted by molar-refractivity contribution is 5.44. The predicted molar refractivity (Wildman–Crippen MR) is 36.5 cm³/mol. The first-order valence-electron chi connectivity index (χ1n) is 4.12. The molecule has 0 fully saturated rings. The topological polar surface area (TPSA) is 104 Å². The maximum atomic E-state index is 10.3. The second-order valence-corrected chi connectivity index (χ2v) is 1.80. The number of nitro groups is 2. The molecule has 0 bridgehead atoms. The van der Waals surface area contributed by atoms with Gasteiger partial charge in [0.1, 0.15) is 6.20 Å². The normalized spacial score (nSPS) is 14.5. The van der Waals surface area contributed by atoms with Crippen LogP contribution < -0.4 is 0 Å². The van der Waals surface area contributed by atoms with E-state index in [1.807, 2.05) is 0 Å². The van der Waals surface area contributed by atoms with Gasteiger partial charge in [-0.2, -0.15) is 4.68 Å². The molecule has 0 aromatic carbocycles. The van der Waals surface area contributed by atoms with Crippen LogP contribution in [0.15, 0.2) is 6.20 Å². The fraction of sp³-hybridized carbons (Fsp3) is 0.250. The Morgan fingerprint density at radius 3 is 2.58 bits per heavy atom. The molecule has 0 unspecified atom stereocenters. The zero-order chi connectivity index (χ0) is 11.8. The van der Waals surface area contributed by atoms with Crippen molar-refractivity contribution < 1.29 is 14.0 Å². The van der Waals surface area contributed by atoms with Crippen LogP contribution in [0.3, 0.4) is 0 Å². The Kier molecular flexibility index (Phi) is 1.03. The van der Waals surface area contributed by atoms with Crippen molar-refractivity contribution in [1.82, 2.24) is 9.78 Å². The van der Waals surface area contributed by atoms with Crippen LogP contribution in [0.1, 0.15) is 4.11 Å². The van der Waals surface area contributed by atoms with E-state index in [2.05, 4.69) is 5.10 Å². The molecular weight excluding hydrogens is 168 g/mol. The molecule has 0 saturated heterocycles. The molecule has 0 aliphatic heterocycles. The summed E-state index contributed by atoms with van der Waals surface area (Å²) in [6.07, 6.45) is 0.505. The Labute approximate surface area is 69.9 Å². The summed E-state index contributed by atoms with van der Waals surface area (Å²) in [5, 5.41) is 23.7. The number of hydrogen-bond donors (Lipinski definition) is 0. The molecule has 0 aliphatic carbocycles. The van der Waals surface area contributed by atoms with Crippen LogP contribution in [0.2, 0.25) is 0 Å². The fourth-order valence-electron chi connectivity index (χ4n) is 0.615. The van der Waals surface area contributed by atoms with E-state index in [0.29, 0.717) is 6.20 Å². The second kappa shape index (κ2) is 2.57. The standard InChI is InChI=1S/C4H4N4O4/c1-6-2-3(7(9)10)4(5-6)8(11)12/h2H,1H3/i1D3. The highest BCUT2D eigenvalue weighted by Gasteiger charge is 2.29. The molecule has 1 aromatic rings. The highest BCUT2D eigenvalue weighted by atomic mass is 16.6. The third-order valence-corrected chi connectivity index (χ3v) is 1.05. The molecule has 0 amide bonds. The Hall–Kier alpha value is -1.99. The summed E-state index contributed by atoms with van der Waals surface area (Å²) in [7, 11) is 0. The van der Waals surface area contributed by atoms with Crippen LogP contribution in [0.4, 0.5) is 11.5 Å². The molecule has 0 atom stereocenters. The molecule has 1 aromatic heterocycles. The van der Waals surface area contributed by atoms with Crippen LogP contribution in [-0.4, -0.2) is 19.6 Å². The second-order valence-electron chi connectivity index (χ2n) is 1.80. The molecule has 8 heteroatoms. The molecule has 8 nitrogen and oxygen atoms in total. The van der Waals surface area contributed by atoms with Gasteiger partial charge >= 0.3 is 11.5 Å². The lowest BCUT2D eigenvalue weighted by Crippen LogP contribution is -1.94. The van der Waals surface area contributed by atoms with Gasteiger partial charge < -0.3 is 10.1 Å². The monoisotopic (exact) mass is 175 g/mol. The Bertz CT molecular complexity index is 393. The van der Waals surface area contributed by atoms with Crippen molar-refractivity contribution >= 4 is 11.5 Å². The van der Waals surface area contributed by atoms with Crippen LogP contribution >= 0.6 is 0 Å². The van der Waals surface area contributed by atoms with Crippen molar-refractivity contribution in [2.75, 3.05) is 0 Å². The van der Waals surface area contributed by atoms with Crippen LogP contribution in [0.5, 0.6) is 0 Å². The first kappa shape index (κ1) is 4.80. The number of aryl methyl sites for hydroxylation is 1. The fourth-order valence-corrected chi connectivity index (χ4v) is 0.615. The van der Waals surface area contributed by atoms with E-state index in [-0.39, 0.29) is 4.68 Å². The first-order valence-corrected chi connectivity index (χ1v) is 2.62. The summed E-state index contributed by atoms with van der Waals surface area (Å²) < 4.78 is 20.8. The summed E-state index contributed by atoms with van der Waals surface area (Å²) >= 11 is 0. The molecule has 12 heavy (non-hydrogen) atoms. The number of nitrogens with zero attached hydrogens (tertiary/aromatic N) is 4. The zero-order valence-corrected chi connectivity index (χ0v) is 5.50. The smallest absolute Gasteiger partial charge is 0.358 e. The van der Waals surface area contributed by atoms with Crippen LogP contribution in [-0.2, 0) is 6.98 Å². The Morgan fingerprint density at radius 2 is 2.25 bits per heavy atom. The van der Waals surface area contributed by atoms with Gasteiger partial charge in [-0.15, -0.1) is 0 Å². The molecule has 64 valence electrons.